The molecule has 3 rings (SSSR count). The van der Waals surface area contributed by atoms with Gasteiger partial charge in [-0.25, -0.2) is 18.2 Å². The van der Waals surface area contributed by atoms with Gasteiger partial charge in [0.05, 0.1) is 18.4 Å². The van der Waals surface area contributed by atoms with Gasteiger partial charge >= 0.3 is 0 Å². The number of benzene rings is 2. The molecule has 0 atom stereocenters. The van der Waals surface area contributed by atoms with Crippen LogP contribution in [0.1, 0.15) is 5.89 Å². The molecule has 0 bridgehead atoms. The van der Waals surface area contributed by atoms with Gasteiger partial charge in [-0.05, 0) is 24.3 Å². The molecule has 3 nitrogen and oxygen atoms in total. The van der Waals surface area contributed by atoms with Crippen LogP contribution in [0.25, 0.3) is 11.3 Å². The zero-order valence-corrected chi connectivity index (χ0v) is 12.4. The Kier molecular flexibility index (Phi) is 4.25. The largest absolute Gasteiger partial charge is 0.439 e. The molecule has 2 aromatic carbocycles. The maximum Gasteiger partial charge on any atom is 0.214 e. The van der Waals surface area contributed by atoms with Crippen LogP contribution in [0.5, 0.6) is 0 Å². The summed E-state index contributed by atoms with van der Waals surface area (Å²) in [5.41, 5.74) is 0.571. The fraction of sp³-hybridized carbons (Fsp3) is 0.0625. The maximum absolute atomic E-state index is 13.5. The Morgan fingerprint density at radius 1 is 1.09 bits per heavy atom. The molecule has 0 saturated heterocycles. The lowest BCUT2D eigenvalue weighted by Gasteiger charge is -2.06. The lowest BCUT2D eigenvalue weighted by molar-refractivity contribution is 0.448. The molecule has 118 valence electrons. The van der Waals surface area contributed by atoms with E-state index in [4.69, 9.17) is 16.0 Å². The fourth-order valence-corrected chi connectivity index (χ4v) is 2.19. The van der Waals surface area contributed by atoms with E-state index in [9.17, 15) is 13.2 Å². The third-order valence-electron chi connectivity index (χ3n) is 3.13. The third-order valence-corrected chi connectivity index (χ3v) is 3.36. The number of rotatable bonds is 4. The van der Waals surface area contributed by atoms with Gasteiger partial charge in [-0.1, -0.05) is 23.7 Å². The van der Waals surface area contributed by atoms with Crippen molar-refractivity contribution in [3.63, 3.8) is 0 Å². The van der Waals surface area contributed by atoms with Crippen molar-refractivity contribution in [1.29, 1.82) is 0 Å². The second-order valence-corrected chi connectivity index (χ2v) is 5.14. The first-order chi connectivity index (χ1) is 11.0. The van der Waals surface area contributed by atoms with Gasteiger partial charge < -0.3 is 9.73 Å². The topological polar surface area (TPSA) is 38.1 Å². The van der Waals surface area contributed by atoms with Crippen molar-refractivity contribution in [3.8, 4) is 11.3 Å². The zero-order valence-electron chi connectivity index (χ0n) is 11.6. The fourth-order valence-electron chi connectivity index (χ4n) is 2.00. The van der Waals surface area contributed by atoms with Gasteiger partial charge in [-0.15, -0.1) is 0 Å². The van der Waals surface area contributed by atoms with Crippen molar-refractivity contribution in [2.45, 2.75) is 6.54 Å². The predicted molar refractivity (Wildman–Crippen MR) is 80.6 cm³/mol. The van der Waals surface area contributed by atoms with Crippen molar-refractivity contribution in [2.24, 2.45) is 0 Å². The van der Waals surface area contributed by atoms with Crippen molar-refractivity contribution in [3.05, 3.63) is 71.0 Å². The summed E-state index contributed by atoms with van der Waals surface area (Å²) in [6.07, 6.45) is 1.50. The van der Waals surface area contributed by atoms with Crippen LogP contribution < -0.4 is 5.32 Å². The van der Waals surface area contributed by atoms with Crippen LogP contribution in [0.15, 0.2) is 47.0 Å². The van der Waals surface area contributed by atoms with E-state index in [0.29, 0.717) is 10.8 Å². The predicted octanol–water partition coefficient (Wildman–Crippen LogP) is 5.02. The van der Waals surface area contributed by atoms with Gasteiger partial charge in [0.1, 0.15) is 0 Å². The molecule has 7 heteroatoms. The normalized spacial score (nSPS) is 10.8. The summed E-state index contributed by atoms with van der Waals surface area (Å²) in [6.45, 7) is 0.0164. The summed E-state index contributed by atoms with van der Waals surface area (Å²) < 4.78 is 45.1. The van der Waals surface area contributed by atoms with E-state index >= 15 is 0 Å². The first-order valence-corrected chi connectivity index (χ1v) is 7.00. The third kappa shape index (κ3) is 3.32. The number of aromatic nitrogens is 1. The quantitative estimate of drug-likeness (QED) is 0.678. The van der Waals surface area contributed by atoms with Gasteiger partial charge in [-0.2, -0.15) is 0 Å². The van der Waals surface area contributed by atoms with E-state index in [-0.39, 0.29) is 18.1 Å². The molecule has 1 heterocycles. The summed E-state index contributed by atoms with van der Waals surface area (Å²) in [6, 6.07) is 8.97. The van der Waals surface area contributed by atoms with Gasteiger partial charge in [0.15, 0.2) is 23.2 Å². The van der Waals surface area contributed by atoms with Gasteiger partial charge in [0, 0.05) is 10.6 Å². The maximum atomic E-state index is 13.5. The Labute approximate surface area is 134 Å². The number of nitrogens with zero attached hydrogens (tertiary/aromatic N) is 1. The number of oxazole rings is 1. The van der Waals surface area contributed by atoms with Crippen LogP contribution >= 0.6 is 11.6 Å². The lowest BCUT2D eigenvalue weighted by atomic mass is 10.2. The highest BCUT2D eigenvalue weighted by atomic mass is 35.5. The minimum atomic E-state index is -1.53. The van der Waals surface area contributed by atoms with Crippen LogP contribution in [-0.2, 0) is 6.54 Å². The lowest BCUT2D eigenvalue weighted by Crippen LogP contribution is -2.04. The van der Waals surface area contributed by atoms with Gasteiger partial charge in [0.2, 0.25) is 5.89 Å². The number of nitrogens with one attached hydrogen (secondary N) is 1. The Bertz CT molecular complexity index is 851. The minimum absolute atomic E-state index is 0.0164. The molecule has 0 fully saturated rings. The minimum Gasteiger partial charge on any atom is -0.439 e. The summed E-state index contributed by atoms with van der Waals surface area (Å²) in [5.74, 6) is -3.29. The zero-order chi connectivity index (χ0) is 16.4. The molecule has 1 aromatic heterocycles. The van der Waals surface area contributed by atoms with Crippen LogP contribution in [0, 0.1) is 17.5 Å². The molecule has 0 spiro atoms. The number of halogens is 4. The van der Waals surface area contributed by atoms with Crippen LogP contribution in [0.3, 0.4) is 0 Å². The molecule has 0 aliphatic rings. The smallest absolute Gasteiger partial charge is 0.214 e. The molecule has 0 saturated carbocycles. The molecular weight excluding hydrogens is 329 g/mol. The molecule has 0 unspecified atom stereocenters. The van der Waals surface area contributed by atoms with Crippen LogP contribution in [-0.4, -0.2) is 4.98 Å². The van der Waals surface area contributed by atoms with E-state index in [0.717, 1.165) is 17.7 Å². The SMILES string of the molecule is Fc1ccc(NCc2ncc(-c3cccc(Cl)c3)o2)c(F)c1F. The average molecular weight is 339 g/mol. The standard InChI is InChI=1S/C16H10ClF3N2O/c17-10-3-1-2-9(6-10)13-7-22-14(23-13)8-21-12-5-4-11(18)15(19)16(12)20/h1-7,21H,8H2. The van der Waals surface area contributed by atoms with E-state index in [1.807, 2.05) is 0 Å². The Hall–Kier alpha value is -2.47. The molecule has 0 aliphatic heterocycles. The number of anilines is 1. The summed E-state index contributed by atoms with van der Waals surface area (Å²) >= 11 is 5.91. The number of hydrogen-bond acceptors (Lipinski definition) is 3. The highest BCUT2D eigenvalue weighted by Gasteiger charge is 2.14. The van der Waals surface area contributed by atoms with Crippen LogP contribution in [0.2, 0.25) is 5.02 Å². The van der Waals surface area contributed by atoms with Crippen molar-refractivity contribution in [2.75, 3.05) is 5.32 Å². The van der Waals surface area contributed by atoms with E-state index in [1.54, 1.807) is 24.3 Å². The average Bonchev–Trinajstić information content (AvgIpc) is 3.01. The Morgan fingerprint density at radius 2 is 1.91 bits per heavy atom. The van der Waals surface area contributed by atoms with E-state index in [2.05, 4.69) is 10.3 Å². The summed E-state index contributed by atoms with van der Waals surface area (Å²) in [7, 11) is 0. The molecule has 0 amide bonds. The molecule has 0 radical (unpaired) electrons. The molecule has 0 aliphatic carbocycles. The highest BCUT2D eigenvalue weighted by Crippen LogP contribution is 2.24. The summed E-state index contributed by atoms with van der Waals surface area (Å²) in [5, 5.41) is 3.17. The first-order valence-electron chi connectivity index (χ1n) is 6.62. The van der Waals surface area contributed by atoms with Crippen molar-refractivity contribution < 1.29 is 17.6 Å². The first kappa shape index (κ1) is 15.4. The Morgan fingerprint density at radius 3 is 2.70 bits per heavy atom. The van der Waals surface area contributed by atoms with Crippen LogP contribution in [0.4, 0.5) is 18.9 Å². The molecule has 23 heavy (non-hydrogen) atoms. The van der Waals surface area contributed by atoms with Crippen molar-refractivity contribution in [1.82, 2.24) is 4.98 Å². The Balaban J connectivity index is 1.74. The van der Waals surface area contributed by atoms with Gasteiger partial charge in [0.25, 0.3) is 0 Å². The molecule has 1 N–H and O–H groups in total. The van der Waals surface area contributed by atoms with E-state index in [1.165, 1.54) is 6.20 Å². The number of hydrogen-bond donors (Lipinski definition) is 1. The molecule has 3 aromatic rings. The molecular formula is C16H10ClF3N2O. The van der Waals surface area contributed by atoms with Gasteiger partial charge in [-0.3, -0.25) is 0 Å². The highest BCUT2D eigenvalue weighted by molar-refractivity contribution is 6.30. The summed E-state index contributed by atoms with van der Waals surface area (Å²) in [4.78, 5) is 4.04. The second kappa shape index (κ2) is 6.34. The van der Waals surface area contributed by atoms with Crippen molar-refractivity contribution >= 4 is 17.3 Å². The van der Waals surface area contributed by atoms with E-state index < -0.39 is 17.5 Å². The monoisotopic (exact) mass is 338 g/mol. The second-order valence-electron chi connectivity index (χ2n) is 4.71.